The van der Waals surface area contributed by atoms with E-state index in [-0.39, 0.29) is 12.0 Å². The summed E-state index contributed by atoms with van der Waals surface area (Å²) in [6.07, 6.45) is 3.22. The average molecular weight is 239 g/mol. The summed E-state index contributed by atoms with van der Waals surface area (Å²) >= 11 is 0. The van der Waals surface area contributed by atoms with Gasteiger partial charge in [0, 0.05) is 12.6 Å². The van der Waals surface area contributed by atoms with E-state index in [1.165, 1.54) is 0 Å². The first-order chi connectivity index (χ1) is 8.04. The molecule has 96 valence electrons. The van der Waals surface area contributed by atoms with Gasteiger partial charge in [-0.1, -0.05) is 11.6 Å². The largest absolute Gasteiger partial charge is 0.368 e. The number of rotatable bonds is 4. The molecule has 1 aromatic rings. The summed E-state index contributed by atoms with van der Waals surface area (Å²) < 4.78 is 10.9. The van der Waals surface area contributed by atoms with E-state index in [0.717, 1.165) is 19.3 Å². The lowest BCUT2D eigenvalue weighted by atomic mass is 10.0. The molecule has 17 heavy (non-hydrogen) atoms. The topological polar surface area (TPSA) is 74.2 Å². The van der Waals surface area contributed by atoms with Gasteiger partial charge in [-0.25, -0.2) is 0 Å². The smallest absolute Gasteiger partial charge is 0.231 e. The summed E-state index contributed by atoms with van der Waals surface area (Å²) in [4.78, 5) is 4.45. The van der Waals surface area contributed by atoms with Gasteiger partial charge in [0.25, 0.3) is 0 Å². The predicted molar refractivity (Wildman–Crippen MR) is 63.5 cm³/mol. The van der Waals surface area contributed by atoms with Gasteiger partial charge >= 0.3 is 0 Å². The third-order valence-electron chi connectivity index (χ3n) is 3.37. The predicted octanol–water partition coefficient (Wildman–Crippen LogP) is 1.94. The van der Waals surface area contributed by atoms with Crippen LogP contribution in [0.25, 0.3) is 0 Å². The van der Waals surface area contributed by atoms with Crippen LogP contribution in [0.4, 0.5) is 0 Å². The molecule has 0 spiro atoms. The van der Waals surface area contributed by atoms with Gasteiger partial charge in [0.2, 0.25) is 11.7 Å². The number of ether oxygens (including phenoxy) is 1. The average Bonchev–Trinajstić information content (AvgIpc) is 2.85. The van der Waals surface area contributed by atoms with Crippen LogP contribution in [0.3, 0.4) is 0 Å². The van der Waals surface area contributed by atoms with Crippen molar-refractivity contribution in [3.8, 4) is 0 Å². The molecule has 0 aliphatic heterocycles. The highest BCUT2D eigenvalue weighted by Gasteiger charge is 2.33. The molecule has 1 saturated carbocycles. The fraction of sp³-hybridized carbons (Fsp3) is 0.833. The number of hydrogen-bond donors (Lipinski definition) is 1. The van der Waals surface area contributed by atoms with Gasteiger partial charge in [-0.3, -0.25) is 0 Å². The fourth-order valence-electron chi connectivity index (χ4n) is 2.35. The summed E-state index contributed by atoms with van der Waals surface area (Å²) in [5, 5.41) is 4.02. The van der Waals surface area contributed by atoms with Gasteiger partial charge in [0.05, 0.1) is 5.92 Å². The Morgan fingerprint density at radius 1 is 1.47 bits per heavy atom. The Morgan fingerprint density at radius 2 is 2.24 bits per heavy atom. The lowest BCUT2D eigenvalue weighted by molar-refractivity contribution is -0.0221. The number of hydrogen-bond acceptors (Lipinski definition) is 5. The minimum atomic E-state index is -0.501. The Hall–Kier alpha value is -0.940. The molecule has 1 aliphatic carbocycles. The Kier molecular flexibility index (Phi) is 3.49. The zero-order valence-corrected chi connectivity index (χ0v) is 10.8. The van der Waals surface area contributed by atoms with Crippen LogP contribution in [0.5, 0.6) is 0 Å². The Labute approximate surface area is 102 Å². The van der Waals surface area contributed by atoms with Gasteiger partial charge < -0.3 is 15.0 Å². The van der Waals surface area contributed by atoms with Crippen molar-refractivity contribution in [2.45, 2.75) is 57.6 Å². The second-order valence-corrected chi connectivity index (χ2v) is 5.10. The van der Waals surface area contributed by atoms with E-state index in [1.54, 1.807) is 0 Å². The molecule has 2 unspecified atom stereocenters. The van der Waals surface area contributed by atoms with Crippen molar-refractivity contribution in [1.29, 1.82) is 0 Å². The van der Waals surface area contributed by atoms with E-state index in [2.05, 4.69) is 10.1 Å². The summed E-state index contributed by atoms with van der Waals surface area (Å²) in [5.74, 6) is 1.49. The summed E-state index contributed by atoms with van der Waals surface area (Å²) in [6, 6.07) is 0.151. The maximum atomic E-state index is 6.03. The van der Waals surface area contributed by atoms with Crippen molar-refractivity contribution in [3.05, 3.63) is 11.7 Å². The van der Waals surface area contributed by atoms with Crippen molar-refractivity contribution in [1.82, 2.24) is 10.1 Å². The monoisotopic (exact) mass is 239 g/mol. The van der Waals surface area contributed by atoms with E-state index in [4.69, 9.17) is 15.0 Å². The molecule has 0 saturated heterocycles. The van der Waals surface area contributed by atoms with E-state index in [1.807, 2.05) is 20.8 Å². The Bertz CT molecular complexity index is 376. The van der Waals surface area contributed by atoms with Gasteiger partial charge in [-0.15, -0.1) is 0 Å². The zero-order valence-electron chi connectivity index (χ0n) is 10.8. The van der Waals surface area contributed by atoms with E-state index in [0.29, 0.717) is 18.3 Å². The third-order valence-corrected chi connectivity index (χ3v) is 3.37. The van der Waals surface area contributed by atoms with E-state index >= 15 is 0 Å². The molecule has 0 radical (unpaired) electrons. The lowest BCUT2D eigenvalue weighted by Crippen LogP contribution is -2.25. The maximum absolute atomic E-state index is 6.03. The number of nitrogens with two attached hydrogens (primary N) is 1. The summed E-state index contributed by atoms with van der Waals surface area (Å²) in [7, 11) is 0. The highest BCUT2D eigenvalue weighted by atomic mass is 16.5. The molecule has 0 bridgehead atoms. The van der Waals surface area contributed by atoms with Crippen molar-refractivity contribution >= 4 is 0 Å². The number of aromatic nitrogens is 2. The minimum Gasteiger partial charge on any atom is -0.368 e. The van der Waals surface area contributed by atoms with E-state index in [9.17, 15) is 0 Å². The van der Waals surface area contributed by atoms with Crippen molar-refractivity contribution in [3.63, 3.8) is 0 Å². The molecule has 5 heteroatoms. The maximum Gasteiger partial charge on any atom is 0.231 e. The quantitative estimate of drug-likeness (QED) is 0.869. The van der Waals surface area contributed by atoms with Crippen molar-refractivity contribution in [2.24, 2.45) is 5.73 Å². The van der Waals surface area contributed by atoms with Gasteiger partial charge in [0.15, 0.2) is 0 Å². The molecular formula is C12H21N3O2. The first kappa shape index (κ1) is 12.5. The normalized spacial score (nSPS) is 25.4. The molecule has 2 atom stereocenters. The molecule has 1 heterocycles. The molecule has 0 aromatic carbocycles. The molecule has 1 fully saturated rings. The van der Waals surface area contributed by atoms with Crippen LogP contribution in [0.15, 0.2) is 4.52 Å². The molecule has 0 amide bonds. The third kappa shape index (κ3) is 2.50. The van der Waals surface area contributed by atoms with Gasteiger partial charge in [-0.05, 0) is 33.6 Å². The van der Waals surface area contributed by atoms with Crippen LogP contribution in [0.1, 0.15) is 57.7 Å². The lowest BCUT2D eigenvalue weighted by Gasteiger charge is -2.19. The van der Waals surface area contributed by atoms with Crippen molar-refractivity contribution in [2.75, 3.05) is 6.61 Å². The van der Waals surface area contributed by atoms with Crippen LogP contribution in [-0.4, -0.2) is 22.8 Å². The molecular weight excluding hydrogens is 218 g/mol. The zero-order chi connectivity index (χ0) is 12.5. The van der Waals surface area contributed by atoms with Crippen molar-refractivity contribution < 1.29 is 9.26 Å². The van der Waals surface area contributed by atoms with Gasteiger partial charge in [-0.2, -0.15) is 4.98 Å². The van der Waals surface area contributed by atoms with Crippen LogP contribution in [0.2, 0.25) is 0 Å². The molecule has 5 nitrogen and oxygen atoms in total. The highest BCUT2D eigenvalue weighted by Crippen LogP contribution is 2.33. The highest BCUT2D eigenvalue weighted by molar-refractivity contribution is 5.05. The molecule has 1 aromatic heterocycles. The Morgan fingerprint density at radius 3 is 2.82 bits per heavy atom. The SMILES string of the molecule is CCOC(C)(C)c1noc(C2CCCC2N)n1. The molecule has 1 aliphatic rings. The van der Waals surface area contributed by atoms with Crippen LogP contribution >= 0.6 is 0 Å². The number of nitrogens with zero attached hydrogens (tertiary/aromatic N) is 2. The van der Waals surface area contributed by atoms with Crippen LogP contribution in [-0.2, 0) is 10.3 Å². The fourth-order valence-corrected chi connectivity index (χ4v) is 2.35. The molecule has 2 rings (SSSR count). The standard InChI is InChI=1S/C12H21N3O2/c1-4-16-12(2,3)11-14-10(17-15-11)8-6-5-7-9(8)13/h8-9H,4-7,13H2,1-3H3. The first-order valence-corrected chi connectivity index (χ1v) is 6.28. The minimum absolute atomic E-state index is 0.151. The molecule has 2 N–H and O–H groups in total. The second-order valence-electron chi connectivity index (χ2n) is 5.10. The van der Waals surface area contributed by atoms with Crippen LogP contribution < -0.4 is 5.73 Å². The second kappa shape index (κ2) is 4.74. The van der Waals surface area contributed by atoms with Crippen LogP contribution in [0, 0.1) is 0 Å². The van der Waals surface area contributed by atoms with Gasteiger partial charge in [0.1, 0.15) is 5.60 Å². The van der Waals surface area contributed by atoms with E-state index < -0.39 is 5.60 Å². The Balaban J connectivity index is 2.15. The summed E-state index contributed by atoms with van der Waals surface area (Å²) in [6.45, 7) is 6.47. The first-order valence-electron chi connectivity index (χ1n) is 6.28. The summed E-state index contributed by atoms with van der Waals surface area (Å²) in [5.41, 5.74) is 5.53.